The number of rotatable bonds is 5. The third kappa shape index (κ3) is 4.18. The van der Waals surface area contributed by atoms with Crippen molar-refractivity contribution in [2.45, 2.75) is 53.6 Å². The van der Waals surface area contributed by atoms with Crippen molar-refractivity contribution in [2.24, 2.45) is 4.99 Å². The molecule has 2 aromatic rings. The van der Waals surface area contributed by atoms with E-state index >= 15 is 0 Å². The maximum atomic E-state index is 13.0. The smallest absolute Gasteiger partial charge is 0.271 e. The quantitative estimate of drug-likeness (QED) is 0.379. The Morgan fingerprint density at radius 1 is 1.17 bits per heavy atom. The fourth-order valence-electron chi connectivity index (χ4n) is 3.47. The molecule has 1 aromatic heterocycles. The molecule has 1 aliphatic rings. The van der Waals surface area contributed by atoms with Gasteiger partial charge >= 0.3 is 0 Å². The molecule has 1 fully saturated rings. The van der Waals surface area contributed by atoms with Crippen molar-refractivity contribution in [3.63, 3.8) is 0 Å². The lowest BCUT2D eigenvalue weighted by Gasteiger charge is -2.20. The van der Waals surface area contributed by atoms with E-state index in [2.05, 4.69) is 4.99 Å². The first kappa shape index (κ1) is 21.8. The second-order valence-corrected chi connectivity index (χ2v) is 8.83. The first-order valence-electron chi connectivity index (χ1n) is 9.84. The number of amidine groups is 1. The van der Waals surface area contributed by atoms with E-state index in [0.717, 1.165) is 27.8 Å². The number of carbonyl (C=O) groups is 1. The molecule has 0 saturated carbocycles. The van der Waals surface area contributed by atoms with Gasteiger partial charge in [0, 0.05) is 35.6 Å². The lowest BCUT2D eigenvalue weighted by molar-refractivity contribution is -0.384. The fourth-order valence-corrected chi connectivity index (χ4v) is 4.69. The van der Waals surface area contributed by atoms with Gasteiger partial charge in [-0.1, -0.05) is 6.07 Å². The van der Waals surface area contributed by atoms with Crippen LogP contribution in [0.5, 0.6) is 0 Å². The highest BCUT2D eigenvalue weighted by molar-refractivity contribution is 8.18. The molecule has 3 rings (SSSR count). The number of carbonyl (C=O) groups excluding carboxylic acids is 1. The van der Waals surface area contributed by atoms with E-state index in [1.165, 1.54) is 17.8 Å². The number of benzene rings is 1. The number of nitrogens with zero attached hydrogens (tertiary/aromatic N) is 4. The van der Waals surface area contributed by atoms with Crippen LogP contribution in [0.3, 0.4) is 0 Å². The fraction of sp³-hybridized carbons (Fsp3) is 0.364. The van der Waals surface area contributed by atoms with Crippen LogP contribution in [0, 0.1) is 24.0 Å². The molecule has 0 N–H and O–H groups in total. The number of nitro benzene ring substituents is 1. The van der Waals surface area contributed by atoms with E-state index in [1.54, 1.807) is 17.0 Å². The summed E-state index contributed by atoms with van der Waals surface area (Å²) < 4.78 is 1.97. The van der Waals surface area contributed by atoms with Gasteiger partial charge in [0.1, 0.15) is 0 Å². The number of nitro groups is 1. The average Bonchev–Trinajstić information content (AvgIpc) is 3.10. The van der Waals surface area contributed by atoms with Crippen molar-refractivity contribution in [3.8, 4) is 5.69 Å². The molecule has 7 nitrogen and oxygen atoms in total. The number of thioether (sulfide) groups is 1. The predicted octanol–water partition coefficient (Wildman–Crippen LogP) is 5.09. The van der Waals surface area contributed by atoms with Gasteiger partial charge in [-0.15, -0.1) is 0 Å². The second-order valence-electron chi connectivity index (χ2n) is 7.82. The molecule has 0 radical (unpaired) electrons. The Balaban J connectivity index is 2.03. The number of non-ortho nitro benzene ring substituents is 1. The third-order valence-electron chi connectivity index (χ3n) is 4.78. The number of aromatic nitrogens is 1. The normalized spacial score (nSPS) is 17.2. The van der Waals surface area contributed by atoms with Gasteiger partial charge < -0.3 is 4.57 Å². The van der Waals surface area contributed by atoms with Crippen LogP contribution in [0.1, 0.15) is 44.6 Å². The number of hydrogen-bond acceptors (Lipinski definition) is 5. The number of hydrogen-bond donors (Lipinski definition) is 0. The summed E-state index contributed by atoms with van der Waals surface area (Å²) in [5.74, 6) is -0.0467. The van der Waals surface area contributed by atoms with Crippen molar-refractivity contribution >= 4 is 34.6 Å². The molecular formula is C22H26N4O3S. The predicted molar refractivity (Wildman–Crippen MR) is 122 cm³/mol. The molecule has 1 amide bonds. The van der Waals surface area contributed by atoms with Crippen LogP contribution in [0.4, 0.5) is 5.69 Å². The Kier molecular flexibility index (Phi) is 6.17. The van der Waals surface area contributed by atoms with Crippen LogP contribution in [0.25, 0.3) is 11.8 Å². The maximum absolute atomic E-state index is 13.0. The Bertz CT molecular complexity index is 1070. The number of aryl methyl sites for hydroxylation is 1. The zero-order valence-electron chi connectivity index (χ0n) is 18.0. The van der Waals surface area contributed by atoms with Crippen LogP contribution >= 0.6 is 11.8 Å². The van der Waals surface area contributed by atoms with Gasteiger partial charge in [-0.3, -0.25) is 24.8 Å². The molecule has 0 bridgehead atoms. The summed E-state index contributed by atoms with van der Waals surface area (Å²) in [5.41, 5.74) is 3.53. The van der Waals surface area contributed by atoms with Crippen LogP contribution in [-0.4, -0.2) is 37.5 Å². The molecule has 1 aliphatic heterocycles. The summed E-state index contributed by atoms with van der Waals surface area (Å²) in [6.45, 7) is 11.8. The van der Waals surface area contributed by atoms with Crippen LogP contribution in [0.2, 0.25) is 0 Å². The molecule has 0 spiro atoms. The van der Waals surface area contributed by atoms with E-state index in [1.807, 2.05) is 64.3 Å². The topological polar surface area (TPSA) is 80.7 Å². The summed E-state index contributed by atoms with van der Waals surface area (Å²) in [6.07, 6.45) is 1.89. The van der Waals surface area contributed by atoms with Crippen molar-refractivity contribution in [3.05, 3.63) is 62.3 Å². The van der Waals surface area contributed by atoms with E-state index in [4.69, 9.17) is 0 Å². The lowest BCUT2D eigenvalue weighted by atomic mass is 10.2. The molecule has 30 heavy (non-hydrogen) atoms. The van der Waals surface area contributed by atoms with Crippen molar-refractivity contribution in [1.82, 2.24) is 9.47 Å². The highest BCUT2D eigenvalue weighted by atomic mass is 32.2. The molecule has 8 heteroatoms. The van der Waals surface area contributed by atoms with Crippen molar-refractivity contribution in [1.29, 1.82) is 0 Å². The SMILES string of the molecule is Cc1cc(/C=C2/SC(=NC(C)C)N(C(C)C)C2=O)c(C)n1-c1cccc([N+](=O)[O-])c1. The van der Waals surface area contributed by atoms with Crippen LogP contribution in [0.15, 0.2) is 40.2 Å². The Labute approximate surface area is 180 Å². The van der Waals surface area contributed by atoms with E-state index in [0.29, 0.717) is 4.91 Å². The minimum Gasteiger partial charge on any atom is -0.318 e. The van der Waals surface area contributed by atoms with E-state index < -0.39 is 4.92 Å². The lowest BCUT2D eigenvalue weighted by Crippen LogP contribution is -2.35. The van der Waals surface area contributed by atoms with Gasteiger partial charge in [-0.2, -0.15) is 0 Å². The first-order valence-corrected chi connectivity index (χ1v) is 10.7. The number of amides is 1. The molecule has 0 aliphatic carbocycles. The summed E-state index contributed by atoms with van der Waals surface area (Å²) in [7, 11) is 0. The minimum atomic E-state index is -0.398. The standard InChI is InChI=1S/C22H26N4O3S/c1-13(2)23-22-24(14(3)4)21(27)20(30-22)11-17-10-15(5)25(16(17)6)18-8-7-9-19(12-18)26(28)29/h7-14H,1-6H3/b20-11+,23-22?. The highest BCUT2D eigenvalue weighted by Gasteiger charge is 2.35. The second kappa shape index (κ2) is 8.47. The zero-order chi connectivity index (χ0) is 22.2. The van der Waals surface area contributed by atoms with Gasteiger partial charge in [-0.05, 0) is 77.1 Å². The maximum Gasteiger partial charge on any atom is 0.271 e. The van der Waals surface area contributed by atoms with Gasteiger partial charge in [0.05, 0.1) is 15.5 Å². The molecule has 158 valence electrons. The van der Waals surface area contributed by atoms with E-state index in [-0.39, 0.29) is 23.7 Å². The molecular weight excluding hydrogens is 400 g/mol. The van der Waals surface area contributed by atoms with E-state index in [9.17, 15) is 14.9 Å². The summed E-state index contributed by atoms with van der Waals surface area (Å²) >= 11 is 1.39. The summed E-state index contributed by atoms with van der Waals surface area (Å²) in [5, 5.41) is 11.9. The molecule has 1 aromatic carbocycles. The van der Waals surface area contributed by atoms with Gasteiger partial charge in [0.15, 0.2) is 5.17 Å². The highest BCUT2D eigenvalue weighted by Crippen LogP contribution is 2.35. The molecule has 1 saturated heterocycles. The molecule has 0 atom stereocenters. The Morgan fingerprint density at radius 2 is 1.87 bits per heavy atom. The van der Waals surface area contributed by atoms with Crippen LogP contribution in [-0.2, 0) is 4.79 Å². The van der Waals surface area contributed by atoms with Crippen molar-refractivity contribution < 1.29 is 9.72 Å². The van der Waals surface area contributed by atoms with Gasteiger partial charge in [0.25, 0.3) is 11.6 Å². The zero-order valence-corrected chi connectivity index (χ0v) is 18.9. The number of aliphatic imine (C=N–C) groups is 1. The minimum absolute atomic E-state index is 0.0192. The van der Waals surface area contributed by atoms with Gasteiger partial charge in [0.2, 0.25) is 0 Å². The molecule has 2 heterocycles. The first-order chi connectivity index (χ1) is 14.1. The third-order valence-corrected chi connectivity index (χ3v) is 5.77. The Morgan fingerprint density at radius 3 is 2.47 bits per heavy atom. The monoisotopic (exact) mass is 426 g/mol. The molecule has 0 unspecified atom stereocenters. The van der Waals surface area contributed by atoms with Gasteiger partial charge in [-0.25, -0.2) is 0 Å². The Hall–Kier alpha value is -2.87. The van der Waals surface area contributed by atoms with Crippen LogP contribution < -0.4 is 0 Å². The largest absolute Gasteiger partial charge is 0.318 e. The average molecular weight is 427 g/mol. The summed E-state index contributed by atoms with van der Waals surface area (Å²) in [4.78, 5) is 30.7. The summed E-state index contributed by atoms with van der Waals surface area (Å²) in [6, 6.07) is 8.66. The van der Waals surface area contributed by atoms with Crippen molar-refractivity contribution in [2.75, 3.05) is 0 Å².